The monoisotopic (exact) mass is 386 g/mol. The second-order valence-corrected chi connectivity index (χ2v) is 8.82. The molecule has 2 aromatic carbocycles. The minimum atomic E-state index is -1.41. The Hall–Kier alpha value is -1.77. The molecule has 2 aromatic rings. The fourth-order valence-corrected chi connectivity index (χ4v) is 5.22. The number of hydrogen-bond donors (Lipinski definition) is 0. The Morgan fingerprint density at radius 3 is 1.75 bits per heavy atom. The third kappa shape index (κ3) is 4.45. The van der Waals surface area contributed by atoms with E-state index in [2.05, 4.69) is 12.1 Å². The molecular formula is C25H29F3. The van der Waals surface area contributed by atoms with Crippen molar-refractivity contribution >= 4 is 0 Å². The van der Waals surface area contributed by atoms with Crippen LogP contribution in [-0.2, 0) is 0 Å². The first-order valence-corrected chi connectivity index (χ1v) is 10.8. The summed E-state index contributed by atoms with van der Waals surface area (Å²) in [6.45, 7) is 0. The van der Waals surface area contributed by atoms with E-state index in [0.29, 0.717) is 17.0 Å². The van der Waals surface area contributed by atoms with Crippen LogP contribution in [0.2, 0.25) is 0 Å². The summed E-state index contributed by atoms with van der Waals surface area (Å²) in [4.78, 5) is 0. The van der Waals surface area contributed by atoms with Crippen molar-refractivity contribution in [3.05, 3.63) is 59.4 Å². The van der Waals surface area contributed by atoms with Crippen LogP contribution in [0, 0.1) is 29.3 Å². The zero-order chi connectivity index (χ0) is 19.5. The maximum absolute atomic E-state index is 13.5. The van der Waals surface area contributed by atoms with Crippen LogP contribution in [0.1, 0.15) is 75.7 Å². The van der Waals surface area contributed by atoms with Crippen LogP contribution in [0.25, 0.3) is 11.1 Å². The fourth-order valence-electron chi connectivity index (χ4n) is 5.22. The zero-order valence-corrected chi connectivity index (χ0v) is 16.4. The van der Waals surface area contributed by atoms with Crippen molar-refractivity contribution < 1.29 is 13.2 Å². The predicted octanol–water partition coefficient (Wildman–Crippen LogP) is 8.02. The zero-order valence-electron chi connectivity index (χ0n) is 16.4. The first-order valence-electron chi connectivity index (χ1n) is 10.8. The van der Waals surface area contributed by atoms with Crippen molar-refractivity contribution in [3.63, 3.8) is 0 Å². The molecule has 0 heterocycles. The van der Waals surface area contributed by atoms with Crippen molar-refractivity contribution in [1.82, 2.24) is 0 Å². The first kappa shape index (κ1) is 19.5. The number of rotatable bonds is 5. The van der Waals surface area contributed by atoms with Gasteiger partial charge >= 0.3 is 0 Å². The van der Waals surface area contributed by atoms with E-state index in [4.69, 9.17) is 0 Å². The largest absolute Gasteiger partial charge is 0.204 e. The summed E-state index contributed by atoms with van der Waals surface area (Å²) in [5, 5.41) is 0. The van der Waals surface area contributed by atoms with Crippen LogP contribution in [0.3, 0.4) is 0 Å². The SMILES string of the molecule is Fc1cc(-c2ccc(C3CCC(CCC4CCCC4)CC3)cc2)cc(F)c1F. The molecule has 150 valence electrons. The Morgan fingerprint density at radius 2 is 1.18 bits per heavy atom. The van der Waals surface area contributed by atoms with Crippen LogP contribution in [-0.4, -0.2) is 0 Å². The van der Waals surface area contributed by atoms with Crippen LogP contribution < -0.4 is 0 Å². The van der Waals surface area contributed by atoms with Crippen molar-refractivity contribution in [2.45, 2.75) is 70.1 Å². The van der Waals surface area contributed by atoms with E-state index in [1.807, 2.05) is 12.1 Å². The molecule has 0 spiro atoms. The molecule has 0 saturated heterocycles. The summed E-state index contributed by atoms with van der Waals surface area (Å²) in [6, 6.07) is 10.0. The van der Waals surface area contributed by atoms with Crippen LogP contribution >= 0.6 is 0 Å². The molecule has 2 aliphatic carbocycles. The Balaban J connectivity index is 1.33. The molecule has 4 rings (SSSR count). The highest BCUT2D eigenvalue weighted by atomic mass is 19.2. The Kier molecular flexibility index (Phi) is 6.08. The molecule has 2 saturated carbocycles. The van der Waals surface area contributed by atoms with Crippen LogP contribution in [0.4, 0.5) is 13.2 Å². The van der Waals surface area contributed by atoms with Crippen LogP contribution in [0.15, 0.2) is 36.4 Å². The van der Waals surface area contributed by atoms with E-state index >= 15 is 0 Å². The summed E-state index contributed by atoms with van der Waals surface area (Å²) in [7, 11) is 0. The quantitative estimate of drug-likeness (QED) is 0.456. The third-order valence-corrected chi connectivity index (χ3v) is 7.00. The lowest BCUT2D eigenvalue weighted by atomic mass is 9.76. The molecule has 28 heavy (non-hydrogen) atoms. The lowest BCUT2D eigenvalue weighted by Gasteiger charge is -2.29. The number of benzene rings is 2. The van der Waals surface area contributed by atoms with Gasteiger partial charge in [-0.3, -0.25) is 0 Å². The molecule has 0 atom stereocenters. The smallest absolute Gasteiger partial charge is 0.194 e. The van der Waals surface area contributed by atoms with E-state index in [1.165, 1.54) is 69.8 Å². The van der Waals surface area contributed by atoms with E-state index in [0.717, 1.165) is 24.0 Å². The molecule has 0 nitrogen and oxygen atoms in total. The van der Waals surface area contributed by atoms with E-state index in [1.54, 1.807) is 0 Å². The van der Waals surface area contributed by atoms with Gasteiger partial charge in [-0.15, -0.1) is 0 Å². The standard InChI is InChI=1S/C25H29F3/c26-23-15-22(16-24(27)25(23)28)21-13-11-20(12-14-21)19-9-7-18(8-10-19)6-5-17-3-1-2-4-17/h11-19H,1-10H2. The average Bonchev–Trinajstić information content (AvgIpc) is 3.24. The highest BCUT2D eigenvalue weighted by Gasteiger charge is 2.24. The molecule has 2 fully saturated rings. The summed E-state index contributed by atoms with van der Waals surface area (Å²) in [5.74, 6) is -1.23. The molecule has 0 unspecified atom stereocenters. The van der Waals surface area contributed by atoms with Crippen molar-refractivity contribution in [2.24, 2.45) is 11.8 Å². The van der Waals surface area contributed by atoms with Gasteiger partial charge in [-0.05, 0) is 72.3 Å². The van der Waals surface area contributed by atoms with Gasteiger partial charge in [0.1, 0.15) is 0 Å². The third-order valence-electron chi connectivity index (χ3n) is 7.00. The van der Waals surface area contributed by atoms with Gasteiger partial charge in [0.15, 0.2) is 17.5 Å². The van der Waals surface area contributed by atoms with Crippen LogP contribution in [0.5, 0.6) is 0 Å². The second-order valence-electron chi connectivity index (χ2n) is 8.82. The lowest BCUT2D eigenvalue weighted by molar-refractivity contribution is 0.287. The fraction of sp³-hybridized carbons (Fsp3) is 0.520. The van der Waals surface area contributed by atoms with Gasteiger partial charge in [-0.1, -0.05) is 62.8 Å². The van der Waals surface area contributed by atoms with Crippen molar-refractivity contribution in [2.75, 3.05) is 0 Å². The molecule has 2 aliphatic rings. The molecule has 0 N–H and O–H groups in total. The highest BCUT2D eigenvalue weighted by Crippen LogP contribution is 2.40. The molecule has 0 aromatic heterocycles. The average molecular weight is 387 g/mol. The van der Waals surface area contributed by atoms with E-state index in [-0.39, 0.29) is 0 Å². The second kappa shape index (κ2) is 8.71. The van der Waals surface area contributed by atoms with Gasteiger partial charge in [-0.2, -0.15) is 0 Å². The minimum Gasteiger partial charge on any atom is -0.204 e. The lowest BCUT2D eigenvalue weighted by Crippen LogP contribution is -2.14. The molecule has 0 radical (unpaired) electrons. The predicted molar refractivity (Wildman–Crippen MR) is 108 cm³/mol. The maximum Gasteiger partial charge on any atom is 0.194 e. The summed E-state index contributed by atoms with van der Waals surface area (Å²) in [6.07, 6.45) is 13.7. The van der Waals surface area contributed by atoms with Crippen molar-refractivity contribution in [1.29, 1.82) is 0 Å². The van der Waals surface area contributed by atoms with Gasteiger partial charge in [0, 0.05) is 0 Å². The van der Waals surface area contributed by atoms with Gasteiger partial charge in [0.05, 0.1) is 0 Å². The first-order chi connectivity index (χ1) is 13.6. The van der Waals surface area contributed by atoms with Gasteiger partial charge < -0.3 is 0 Å². The van der Waals surface area contributed by atoms with Gasteiger partial charge in [0.25, 0.3) is 0 Å². The Bertz CT molecular complexity index is 759. The maximum atomic E-state index is 13.5. The van der Waals surface area contributed by atoms with Crippen molar-refractivity contribution in [3.8, 4) is 11.1 Å². The number of hydrogen-bond acceptors (Lipinski definition) is 0. The summed E-state index contributed by atoms with van der Waals surface area (Å²) < 4.78 is 40.1. The van der Waals surface area contributed by atoms with Gasteiger partial charge in [0.2, 0.25) is 0 Å². The van der Waals surface area contributed by atoms with E-state index in [9.17, 15) is 13.2 Å². The normalized spacial score (nSPS) is 23.2. The highest BCUT2D eigenvalue weighted by molar-refractivity contribution is 5.64. The molecule has 3 heteroatoms. The minimum absolute atomic E-state index is 0.374. The molecular weight excluding hydrogens is 357 g/mol. The molecule has 0 bridgehead atoms. The van der Waals surface area contributed by atoms with E-state index < -0.39 is 17.5 Å². The molecule has 0 aliphatic heterocycles. The van der Waals surface area contributed by atoms with Gasteiger partial charge in [-0.25, -0.2) is 13.2 Å². The number of halogens is 3. The Morgan fingerprint density at radius 1 is 0.643 bits per heavy atom. The summed E-state index contributed by atoms with van der Waals surface area (Å²) >= 11 is 0. The summed E-state index contributed by atoms with van der Waals surface area (Å²) in [5.41, 5.74) is 2.39. The Labute approximate surface area is 166 Å². The molecule has 0 amide bonds. The topological polar surface area (TPSA) is 0 Å².